The standard InChI is InChI=1S/2C6H7.Hf/c2*1-6-4-2-3-5-6;/h2*2-5H,1H3;. The van der Waals surface area contributed by atoms with Crippen LogP contribution in [0.2, 0.25) is 6.34 Å². The average molecular weight is 337 g/mol. The van der Waals surface area contributed by atoms with E-state index in [9.17, 15) is 0 Å². The van der Waals surface area contributed by atoms with Crippen molar-refractivity contribution < 1.29 is 22.9 Å². The molecule has 2 aliphatic rings. The topological polar surface area (TPSA) is 0 Å². The van der Waals surface area contributed by atoms with Crippen LogP contribution in [0.4, 0.5) is 0 Å². The molecule has 0 heterocycles. The molecule has 0 aromatic rings. The molecule has 0 unspecified atom stereocenters. The van der Waals surface area contributed by atoms with Crippen LogP contribution in [0.15, 0.2) is 48.6 Å². The van der Waals surface area contributed by atoms with E-state index in [4.69, 9.17) is 0 Å². The van der Waals surface area contributed by atoms with Crippen LogP contribution in [0.5, 0.6) is 0 Å². The second-order valence-corrected chi connectivity index (χ2v) is 12.8. The monoisotopic (exact) mass is 338 g/mol. The summed E-state index contributed by atoms with van der Waals surface area (Å²) in [5, 5.41) is 0. The van der Waals surface area contributed by atoms with Gasteiger partial charge in [-0.2, -0.15) is 0 Å². The molecular formula is C12H14Hf. The zero-order valence-corrected chi connectivity index (χ0v) is 11.7. The molecule has 0 aliphatic heterocycles. The van der Waals surface area contributed by atoms with Crippen LogP contribution in [0.25, 0.3) is 0 Å². The van der Waals surface area contributed by atoms with Crippen LogP contribution in [0, 0.1) is 0 Å². The third kappa shape index (κ3) is 2.01. The van der Waals surface area contributed by atoms with Gasteiger partial charge in [0.15, 0.2) is 0 Å². The summed E-state index contributed by atoms with van der Waals surface area (Å²) in [6.07, 6.45) is 18.3. The normalized spacial score (nSPS) is 25.7. The molecule has 0 bridgehead atoms. The van der Waals surface area contributed by atoms with Gasteiger partial charge in [-0.3, -0.25) is 0 Å². The molecule has 0 aromatic heterocycles. The van der Waals surface area contributed by atoms with E-state index in [-0.39, 0.29) is 0 Å². The first-order valence-corrected chi connectivity index (χ1v) is 8.25. The predicted octanol–water partition coefficient (Wildman–Crippen LogP) is 3.68. The fraction of sp³-hybridized carbons (Fsp3) is 0.333. The van der Waals surface area contributed by atoms with Crippen LogP contribution >= 0.6 is 0 Å². The van der Waals surface area contributed by atoms with Gasteiger partial charge in [-0.15, -0.1) is 0 Å². The summed E-state index contributed by atoms with van der Waals surface area (Å²) in [6, 6.07) is 0. The number of hydrogen-bond donors (Lipinski definition) is 0. The van der Waals surface area contributed by atoms with Gasteiger partial charge in [0.25, 0.3) is 0 Å². The van der Waals surface area contributed by atoms with E-state index < -0.39 is 22.9 Å². The first-order chi connectivity index (χ1) is 6.12. The maximum atomic E-state index is 2.38. The summed E-state index contributed by atoms with van der Waals surface area (Å²) < 4.78 is 0.904. The molecule has 2 rings (SSSR count). The molecule has 0 fully saturated rings. The molecule has 0 radical (unpaired) electrons. The fourth-order valence-corrected chi connectivity index (χ4v) is 8.63. The van der Waals surface area contributed by atoms with Crippen LogP contribution in [-0.4, -0.2) is 0 Å². The van der Waals surface area contributed by atoms with E-state index in [0.717, 1.165) is 0 Å². The Hall–Kier alpha value is -0.170. The molecule has 0 atom stereocenters. The third-order valence-electron chi connectivity index (χ3n) is 2.53. The van der Waals surface area contributed by atoms with Crippen molar-refractivity contribution in [1.29, 1.82) is 0 Å². The minimum absolute atomic E-state index is 0.452. The van der Waals surface area contributed by atoms with Gasteiger partial charge in [0.1, 0.15) is 0 Å². The van der Waals surface area contributed by atoms with Crippen molar-refractivity contribution in [2.45, 2.75) is 20.2 Å². The maximum absolute atomic E-state index is 2.38. The van der Waals surface area contributed by atoms with Gasteiger partial charge in [0.2, 0.25) is 0 Å². The van der Waals surface area contributed by atoms with Crippen LogP contribution in [-0.2, 0) is 22.9 Å². The molecule has 2 aliphatic carbocycles. The first-order valence-electron chi connectivity index (χ1n) is 4.65. The van der Waals surface area contributed by atoms with Crippen molar-refractivity contribution in [3.8, 4) is 0 Å². The van der Waals surface area contributed by atoms with Gasteiger partial charge in [-0.25, -0.2) is 0 Å². The van der Waals surface area contributed by atoms with E-state index in [0.29, 0.717) is 6.34 Å². The molecule has 0 N–H and O–H groups in total. The average Bonchev–Trinajstić information content (AvgIpc) is 2.60. The van der Waals surface area contributed by atoms with Gasteiger partial charge in [-0.05, 0) is 0 Å². The summed E-state index contributed by atoms with van der Waals surface area (Å²) >= 11 is -0.713. The zero-order chi connectivity index (χ0) is 9.36. The fourth-order valence-electron chi connectivity index (χ4n) is 1.88. The Morgan fingerprint density at radius 2 is 1.00 bits per heavy atom. The van der Waals surface area contributed by atoms with Crippen LogP contribution in [0.3, 0.4) is 0 Å². The van der Waals surface area contributed by atoms with Crippen LogP contribution in [0.1, 0.15) is 13.8 Å². The predicted molar refractivity (Wildman–Crippen MR) is 53.3 cm³/mol. The first kappa shape index (κ1) is 9.39. The molecule has 0 saturated carbocycles. The van der Waals surface area contributed by atoms with Crippen molar-refractivity contribution in [2.24, 2.45) is 0 Å². The summed E-state index contributed by atoms with van der Waals surface area (Å²) in [6.45, 7) is 4.75. The molecule has 0 saturated heterocycles. The van der Waals surface area contributed by atoms with Gasteiger partial charge in [0, 0.05) is 0 Å². The van der Waals surface area contributed by atoms with E-state index in [2.05, 4.69) is 62.5 Å². The van der Waals surface area contributed by atoms with E-state index in [1.807, 2.05) is 0 Å². The van der Waals surface area contributed by atoms with Crippen molar-refractivity contribution in [2.75, 3.05) is 0 Å². The zero-order valence-electron chi connectivity index (χ0n) is 8.12. The molecule has 13 heavy (non-hydrogen) atoms. The molecule has 66 valence electrons. The van der Waals surface area contributed by atoms with Crippen molar-refractivity contribution in [1.82, 2.24) is 0 Å². The Morgan fingerprint density at radius 1 is 0.692 bits per heavy atom. The number of rotatable bonds is 2. The molecule has 0 amide bonds. The Bertz CT molecular complexity index is 262. The van der Waals surface area contributed by atoms with Crippen molar-refractivity contribution in [3.63, 3.8) is 0 Å². The summed E-state index contributed by atoms with van der Waals surface area (Å²) in [7, 11) is 0. The van der Waals surface area contributed by atoms with Gasteiger partial charge < -0.3 is 0 Å². The van der Waals surface area contributed by atoms with Gasteiger partial charge >= 0.3 is 91.7 Å². The van der Waals surface area contributed by atoms with Gasteiger partial charge in [-0.1, -0.05) is 0 Å². The quantitative estimate of drug-likeness (QED) is 0.675. The summed E-state index contributed by atoms with van der Waals surface area (Å²) in [5.41, 5.74) is 0. The SMILES string of the molecule is C[C]1([Hf][C]2(C)C=CC=C2)C=CC=C1. The van der Waals surface area contributed by atoms with Crippen molar-refractivity contribution in [3.05, 3.63) is 48.6 Å². The van der Waals surface area contributed by atoms with Crippen molar-refractivity contribution >= 4 is 0 Å². The second-order valence-electron chi connectivity index (χ2n) is 4.13. The van der Waals surface area contributed by atoms with E-state index in [1.165, 1.54) is 0 Å². The Morgan fingerprint density at radius 3 is 1.31 bits per heavy atom. The summed E-state index contributed by atoms with van der Waals surface area (Å²) in [4.78, 5) is 0. The second kappa shape index (κ2) is 3.20. The van der Waals surface area contributed by atoms with Crippen LogP contribution < -0.4 is 0 Å². The Balaban J connectivity index is 2.14. The molecular weight excluding hydrogens is 323 g/mol. The molecule has 0 spiro atoms. The van der Waals surface area contributed by atoms with E-state index in [1.54, 1.807) is 0 Å². The number of hydrogen-bond acceptors (Lipinski definition) is 0. The van der Waals surface area contributed by atoms with E-state index >= 15 is 0 Å². The Labute approximate surface area is 91.5 Å². The summed E-state index contributed by atoms with van der Waals surface area (Å²) in [5.74, 6) is 0. The molecule has 0 aromatic carbocycles. The number of allylic oxidation sites excluding steroid dienone is 8. The van der Waals surface area contributed by atoms with Gasteiger partial charge in [0.05, 0.1) is 0 Å². The third-order valence-corrected chi connectivity index (χ3v) is 8.80. The minimum atomic E-state index is -0.713. The molecule has 1 heteroatoms. The Kier molecular flexibility index (Phi) is 2.31. The molecule has 0 nitrogen and oxygen atoms in total.